The maximum Gasteiger partial charge on any atom is 0.0967 e. The average molecular weight is 379 g/mol. The molecule has 7 heteroatoms. The van der Waals surface area contributed by atoms with Gasteiger partial charge in [-0.1, -0.05) is 12.1 Å². The molecule has 136 valence electrons. The van der Waals surface area contributed by atoms with Crippen molar-refractivity contribution in [3.8, 4) is 0 Å². The molecule has 1 fully saturated rings. The molecule has 2 aromatic rings. The fourth-order valence-electron chi connectivity index (χ4n) is 3.97. The Balaban J connectivity index is 1.42. The third kappa shape index (κ3) is 3.52. The summed E-state index contributed by atoms with van der Waals surface area (Å²) in [6.45, 7) is 6.14. The number of aryl methyl sites for hydroxylation is 1. The zero-order valence-electron chi connectivity index (χ0n) is 15.0. The van der Waals surface area contributed by atoms with Crippen molar-refractivity contribution in [1.82, 2.24) is 19.9 Å². The number of thioether (sulfide) groups is 1. The topological polar surface area (TPSA) is 43.2 Å². The number of fused-ring (bicyclic) bond motifs is 2. The monoisotopic (exact) mass is 378 g/mol. The first kappa shape index (κ1) is 17.5. The van der Waals surface area contributed by atoms with Gasteiger partial charge in [0.1, 0.15) is 0 Å². The van der Waals surface area contributed by atoms with E-state index in [1.807, 2.05) is 16.0 Å². The van der Waals surface area contributed by atoms with E-state index < -0.39 is 0 Å². The number of likely N-dealkylation sites (tertiary alicyclic amines) is 1. The molecule has 1 spiro atoms. The Morgan fingerprint density at radius 1 is 1.36 bits per heavy atom. The zero-order chi connectivity index (χ0) is 17.3. The van der Waals surface area contributed by atoms with Gasteiger partial charge in [-0.3, -0.25) is 4.90 Å². The molecular weight excluding hydrogens is 352 g/mol. The summed E-state index contributed by atoms with van der Waals surface area (Å²) in [4.78, 5) is 5.56. The molecule has 4 rings (SSSR count). The lowest BCUT2D eigenvalue weighted by molar-refractivity contribution is -0.0982. The fraction of sp³-hybridized carbons (Fsp3) is 0.667. The number of nitrogens with zero attached hydrogens (tertiary/aromatic N) is 4. The Hall–Kier alpha value is -0.890. The number of thiophene rings is 1. The first-order chi connectivity index (χ1) is 12.2. The van der Waals surface area contributed by atoms with E-state index in [0.717, 1.165) is 63.5 Å². The zero-order valence-corrected chi connectivity index (χ0v) is 16.7. The lowest BCUT2D eigenvalue weighted by atomic mass is 9.82. The Kier molecular flexibility index (Phi) is 5.18. The lowest BCUT2D eigenvalue weighted by Crippen LogP contribution is -2.45. The quantitative estimate of drug-likeness (QED) is 0.799. The van der Waals surface area contributed by atoms with E-state index in [1.54, 1.807) is 16.6 Å². The molecule has 0 amide bonds. The predicted octanol–water partition coefficient (Wildman–Crippen LogP) is 3.29. The van der Waals surface area contributed by atoms with Crippen LogP contribution in [0.5, 0.6) is 0 Å². The molecule has 0 saturated carbocycles. The van der Waals surface area contributed by atoms with Crippen LogP contribution in [0.3, 0.4) is 0 Å². The molecule has 0 aliphatic carbocycles. The summed E-state index contributed by atoms with van der Waals surface area (Å²) in [7, 11) is 0. The van der Waals surface area contributed by atoms with Crippen LogP contribution in [-0.2, 0) is 35.6 Å². The molecule has 5 nitrogen and oxygen atoms in total. The Morgan fingerprint density at radius 3 is 2.96 bits per heavy atom. The van der Waals surface area contributed by atoms with Crippen molar-refractivity contribution in [1.29, 1.82) is 0 Å². The van der Waals surface area contributed by atoms with Gasteiger partial charge < -0.3 is 4.74 Å². The van der Waals surface area contributed by atoms with Gasteiger partial charge in [-0.2, -0.15) is 0 Å². The first-order valence-electron chi connectivity index (χ1n) is 9.09. The Labute approximate surface area is 157 Å². The highest BCUT2D eigenvalue weighted by Gasteiger charge is 2.41. The molecule has 0 radical (unpaired) electrons. The van der Waals surface area contributed by atoms with Gasteiger partial charge in [-0.15, -0.1) is 28.2 Å². The van der Waals surface area contributed by atoms with E-state index in [-0.39, 0.29) is 5.60 Å². The van der Waals surface area contributed by atoms with Crippen LogP contribution in [0.25, 0.3) is 0 Å². The van der Waals surface area contributed by atoms with Crippen molar-refractivity contribution < 1.29 is 4.74 Å². The van der Waals surface area contributed by atoms with Gasteiger partial charge in [-0.05, 0) is 37.1 Å². The summed E-state index contributed by atoms with van der Waals surface area (Å²) in [6, 6.07) is 2.42. The van der Waals surface area contributed by atoms with Gasteiger partial charge >= 0.3 is 0 Å². The van der Waals surface area contributed by atoms with Crippen molar-refractivity contribution in [2.24, 2.45) is 0 Å². The number of hydrogen-bond donors (Lipinski definition) is 0. The van der Waals surface area contributed by atoms with Crippen molar-refractivity contribution in [2.75, 3.05) is 26.0 Å². The van der Waals surface area contributed by atoms with Gasteiger partial charge in [0.2, 0.25) is 0 Å². The van der Waals surface area contributed by atoms with Crippen molar-refractivity contribution in [3.05, 3.63) is 33.3 Å². The predicted molar refractivity (Wildman–Crippen MR) is 103 cm³/mol. The molecule has 2 aliphatic heterocycles. The molecule has 25 heavy (non-hydrogen) atoms. The molecule has 0 atom stereocenters. The van der Waals surface area contributed by atoms with Crippen LogP contribution in [0, 0.1) is 0 Å². The van der Waals surface area contributed by atoms with E-state index in [4.69, 9.17) is 4.74 Å². The number of ether oxygens (including phenoxy) is 1. The molecule has 0 unspecified atom stereocenters. The van der Waals surface area contributed by atoms with Crippen LogP contribution >= 0.6 is 23.1 Å². The summed E-state index contributed by atoms with van der Waals surface area (Å²) in [5.41, 5.74) is 2.52. The Bertz CT molecular complexity index is 718. The molecule has 0 bridgehead atoms. The maximum atomic E-state index is 6.37. The second-order valence-corrected chi connectivity index (χ2v) is 9.00. The highest BCUT2D eigenvalue weighted by molar-refractivity contribution is 7.97. The molecule has 4 heterocycles. The number of hydrogen-bond acceptors (Lipinski definition) is 6. The van der Waals surface area contributed by atoms with Gasteiger partial charge in [0.15, 0.2) is 0 Å². The standard InChI is InChI=1S/C18H26N4OS2/c1-3-15-10-16-17(25-15)4-9-23-18(16)5-7-21(8-6-18)11-14-12-22(13-24-2)20-19-14/h10,12H,3-9,11,13H2,1-2H3. The summed E-state index contributed by atoms with van der Waals surface area (Å²) in [5.74, 6) is 0.866. The van der Waals surface area contributed by atoms with E-state index in [0.29, 0.717) is 0 Å². The average Bonchev–Trinajstić information content (AvgIpc) is 3.25. The van der Waals surface area contributed by atoms with Crippen LogP contribution in [-0.4, -0.2) is 45.8 Å². The van der Waals surface area contributed by atoms with Crippen molar-refractivity contribution >= 4 is 23.1 Å². The van der Waals surface area contributed by atoms with Gasteiger partial charge in [-0.25, -0.2) is 4.68 Å². The normalized spacial score (nSPS) is 20.1. The smallest absolute Gasteiger partial charge is 0.0967 e. The van der Waals surface area contributed by atoms with Crippen LogP contribution in [0.4, 0.5) is 0 Å². The van der Waals surface area contributed by atoms with Crippen molar-refractivity contribution in [2.45, 2.75) is 50.6 Å². The van der Waals surface area contributed by atoms with Gasteiger partial charge in [0.25, 0.3) is 0 Å². The van der Waals surface area contributed by atoms with Crippen LogP contribution in [0.15, 0.2) is 12.3 Å². The van der Waals surface area contributed by atoms with Crippen LogP contribution < -0.4 is 0 Å². The number of piperidine rings is 1. The summed E-state index contributed by atoms with van der Waals surface area (Å²) >= 11 is 3.75. The molecule has 1 saturated heterocycles. The molecular formula is C18H26N4OS2. The number of rotatable bonds is 5. The molecule has 0 N–H and O–H groups in total. The van der Waals surface area contributed by atoms with Crippen molar-refractivity contribution in [3.63, 3.8) is 0 Å². The molecule has 2 aromatic heterocycles. The van der Waals surface area contributed by atoms with E-state index in [9.17, 15) is 0 Å². The van der Waals surface area contributed by atoms with Gasteiger partial charge in [0.05, 0.1) is 30.0 Å². The third-order valence-electron chi connectivity index (χ3n) is 5.30. The maximum absolute atomic E-state index is 6.37. The second-order valence-electron chi connectivity index (χ2n) is 6.94. The summed E-state index contributed by atoms with van der Waals surface area (Å²) in [6.07, 6.45) is 8.54. The van der Waals surface area contributed by atoms with E-state index >= 15 is 0 Å². The lowest BCUT2D eigenvalue weighted by Gasteiger charge is -2.44. The van der Waals surface area contributed by atoms with Crippen LogP contribution in [0.2, 0.25) is 0 Å². The van der Waals surface area contributed by atoms with E-state index in [2.05, 4.69) is 40.7 Å². The number of aromatic nitrogens is 3. The van der Waals surface area contributed by atoms with Gasteiger partial charge in [0, 0.05) is 35.8 Å². The highest BCUT2D eigenvalue weighted by atomic mass is 32.2. The fourth-order valence-corrected chi connectivity index (χ4v) is 5.54. The molecule has 0 aromatic carbocycles. The Morgan fingerprint density at radius 2 is 2.20 bits per heavy atom. The second kappa shape index (κ2) is 7.39. The minimum Gasteiger partial charge on any atom is -0.370 e. The summed E-state index contributed by atoms with van der Waals surface area (Å²) < 4.78 is 8.29. The third-order valence-corrected chi connectivity index (χ3v) is 7.17. The SMILES string of the molecule is CCc1cc2c(s1)CCOC21CCN(Cc2cn(CSC)nn2)CC1. The minimum atomic E-state index is -0.0372. The summed E-state index contributed by atoms with van der Waals surface area (Å²) in [5, 5.41) is 8.50. The van der Waals surface area contributed by atoms with Crippen LogP contribution in [0.1, 0.15) is 40.8 Å². The van der Waals surface area contributed by atoms with E-state index in [1.165, 1.54) is 10.4 Å². The first-order valence-corrected chi connectivity index (χ1v) is 11.3. The largest absolute Gasteiger partial charge is 0.370 e. The highest BCUT2D eigenvalue weighted by Crippen LogP contribution is 2.44. The molecule has 2 aliphatic rings. The minimum absolute atomic E-state index is 0.0372.